The van der Waals surface area contributed by atoms with Crippen molar-refractivity contribution in [3.63, 3.8) is 0 Å². The van der Waals surface area contributed by atoms with E-state index in [1.807, 2.05) is 6.07 Å². The number of nitrogens with one attached hydrogen (secondary N) is 1. The molecular weight excluding hydrogens is 316 g/mol. The zero-order valence-corrected chi connectivity index (χ0v) is 13.0. The summed E-state index contributed by atoms with van der Waals surface area (Å²) in [5.41, 5.74) is 0.329. The molecule has 0 bridgehead atoms. The number of hydrogen-bond donors (Lipinski definition) is 2. The third-order valence-corrected chi connectivity index (χ3v) is 4.55. The van der Waals surface area contributed by atoms with Crippen LogP contribution in [0, 0.1) is 0 Å². The van der Waals surface area contributed by atoms with E-state index in [1.54, 1.807) is 24.3 Å². The van der Waals surface area contributed by atoms with Gasteiger partial charge >= 0.3 is 5.97 Å². The predicted molar refractivity (Wildman–Crippen MR) is 85.5 cm³/mol. The number of hydrogen-bond acceptors (Lipinski definition) is 4. The van der Waals surface area contributed by atoms with E-state index in [1.165, 1.54) is 24.5 Å². The van der Waals surface area contributed by atoms with Crippen LogP contribution in [-0.4, -0.2) is 38.0 Å². The maximum absolute atomic E-state index is 12.1. The van der Waals surface area contributed by atoms with Crippen LogP contribution >= 0.6 is 0 Å². The molecule has 120 valence electrons. The molecule has 1 heterocycles. The molecule has 2 N–H and O–H groups in total. The molecule has 2 rings (SSSR count). The minimum atomic E-state index is -1.30. The van der Waals surface area contributed by atoms with Gasteiger partial charge in [0, 0.05) is 28.6 Å². The third-order valence-electron chi connectivity index (χ3n) is 3.14. The lowest BCUT2D eigenvalue weighted by atomic mass is 10.2. The number of aliphatic carboxylic acids is 1. The summed E-state index contributed by atoms with van der Waals surface area (Å²) in [6, 6.07) is 10.7. The van der Waals surface area contributed by atoms with Crippen LogP contribution in [0.1, 0.15) is 16.8 Å². The molecule has 0 saturated carbocycles. The molecule has 6 nitrogen and oxygen atoms in total. The van der Waals surface area contributed by atoms with Gasteiger partial charge in [0.1, 0.15) is 6.04 Å². The molecule has 1 amide bonds. The second kappa shape index (κ2) is 8.19. The van der Waals surface area contributed by atoms with E-state index in [0.717, 1.165) is 0 Å². The van der Waals surface area contributed by atoms with Gasteiger partial charge in [0.05, 0.1) is 10.8 Å². The number of carboxylic acid groups (broad SMARTS) is 1. The van der Waals surface area contributed by atoms with Crippen molar-refractivity contribution in [2.45, 2.75) is 17.4 Å². The molecule has 7 heteroatoms. The molecule has 0 radical (unpaired) electrons. The summed E-state index contributed by atoms with van der Waals surface area (Å²) in [6.45, 7) is 0. The first-order chi connectivity index (χ1) is 11.1. The molecule has 1 aromatic heterocycles. The Kier molecular flexibility index (Phi) is 5.99. The Bertz CT molecular complexity index is 692. The summed E-state index contributed by atoms with van der Waals surface area (Å²) in [4.78, 5) is 27.7. The molecule has 0 aliphatic carbocycles. The van der Waals surface area contributed by atoms with Crippen LogP contribution in [-0.2, 0) is 15.6 Å². The van der Waals surface area contributed by atoms with Gasteiger partial charge in [-0.25, -0.2) is 4.79 Å². The first-order valence-electron chi connectivity index (χ1n) is 6.95. The lowest BCUT2D eigenvalue weighted by molar-refractivity contribution is -0.139. The fraction of sp³-hybridized carbons (Fsp3) is 0.188. The van der Waals surface area contributed by atoms with Crippen molar-refractivity contribution in [1.82, 2.24) is 10.3 Å². The minimum absolute atomic E-state index is 0.0770. The fourth-order valence-electron chi connectivity index (χ4n) is 1.92. The maximum atomic E-state index is 12.1. The summed E-state index contributed by atoms with van der Waals surface area (Å²) in [5.74, 6) is -1.50. The van der Waals surface area contributed by atoms with Gasteiger partial charge in [0.2, 0.25) is 0 Å². The molecule has 0 spiro atoms. The Hall–Kier alpha value is -2.54. The Morgan fingerprint density at radius 3 is 2.39 bits per heavy atom. The first kappa shape index (κ1) is 16.8. The highest BCUT2D eigenvalue weighted by Gasteiger charge is 2.21. The number of carbonyl (C=O) groups excluding carboxylic acids is 1. The molecule has 0 aliphatic heterocycles. The number of carboxylic acids is 1. The minimum Gasteiger partial charge on any atom is -0.480 e. The van der Waals surface area contributed by atoms with E-state index in [4.69, 9.17) is 0 Å². The first-order valence-corrected chi connectivity index (χ1v) is 8.27. The van der Waals surface area contributed by atoms with E-state index >= 15 is 0 Å². The molecule has 2 aromatic rings. The van der Waals surface area contributed by atoms with Crippen molar-refractivity contribution >= 4 is 22.7 Å². The molecule has 0 fully saturated rings. The lowest BCUT2D eigenvalue weighted by Gasteiger charge is -2.14. The monoisotopic (exact) mass is 332 g/mol. The van der Waals surface area contributed by atoms with Crippen molar-refractivity contribution in [3.8, 4) is 0 Å². The smallest absolute Gasteiger partial charge is 0.326 e. The number of aromatic nitrogens is 1. The lowest BCUT2D eigenvalue weighted by Crippen LogP contribution is -2.41. The molecule has 0 saturated heterocycles. The molecule has 1 aromatic carbocycles. The summed E-state index contributed by atoms with van der Waals surface area (Å²) in [7, 11) is -1.30. The number of pyridine rings is 1. The van der Waals surface area contributed by atoms with Gasteiger partial charge in [-0.05, 0) is 30.7 Å². The number of benzene rings is 1. The number of carbonyl (C=O) groups is 2. The van der Waals surface area contributed by atoms with Gasteiger partial charge in [-0.1, -0.05) is 18.2 Å². The van der Waals surface area contributed by atoms with Crippen molar-refractivity contribution < 1.29 is 18.9 Å². The van der Waals surface area contributed by atoms with Crippen LogP contribution in [0.5, 0.6) is 0 Å². The fourth-order valence-corrected chi connectivity index (χ4v) is 3.06. The Labute approximate surface area is 136 Å². The average molecular weight is 332 g/mol. The van der Waals surface area contributed by atoms with E-state index in [9.17, 15) is 18.9 Å². The quantitative estimate of drug-likeness (QED) is 0.800. The molecule has 0 aliphatic rings. The van der Waals surface area contributed by atoms with Crippen molar-refractivity contribution in [2.75, 3.05) is 5.75 Å². The molecular formula is C16H16N2O4S. The Balaban J connectivity index is 1.96. The third kappa shape index (κ3) is 5.00. The van der Waals surface area contributed by atoms with Gasteiger partial charge < -0.3 is 10.4 Å². The maximum Gasteiger partial charge on any atom is 0.326 e. The van der Waals surface area contributed by atoms with Gasteiger partial charge in [-0.3, -0.25) is 14.0 Å². The molecule has 0 unspecified atom stereocenters. The molecule has 2 atom stereocenters. The largest absolute Gasteiger partial charge is 0.480 e. The highest BCUT2D eigenvalue weighted by atomic mass is 32.2. The van der Waals surface area contributed by atoms with Gasteiger partial charge in [-0.2, -0.15) is 0 Å². The van der Waals surface area contributed by atoms with Crippen LogP contribution < -0.4 is 5.32 Å². The summed E-state index contributed by atoms with van der Waals surface area (Å²) in [6.07, 6.45) is 2.98. The average Bonchev–Trinajstić information content (AvgIpc) is 2.59. The summed E-state index contributed by atoms with van der Waals surface area (Å²) < 4.78 is 12.1. The Morgan fingerprint density at radius 1 is 1.13 bits per heavy atom. The van der Waals surface area contributed by atoms with E-state index in [2.05, 4.69) is 10.3 Å². The zero-order chi connectivity index (χ0) is 16.7. The van der Waals surface area contributed by atoms with E-state index in [0.29, 0.717) is 10.5 Å². The second-order valence-electron chi connectivity index (χ2n) is 4.75. The number of amides is 1. The normalized spacial score (nSPS) is 13.0. The van der Waals surface area contributed by atoms with Crippen LogP contribution in [0.25, 0.3) is 0 Å². The van der Waals surface area contributed by atoms with Gasteiger partial charge in [0.15, 0.2) is 0 Å². The van der Waals surface area contributed by atoms with Crippen molar-refractivity contribution in [1.29, 1.82) is 0 Å². The zero-order valence-electron chi connectivity index (χ0n) is 12.2. The van der Waals surface area contributed by atoms with Crippen LogP contribution in [0.4, 0.5) is 0 Å². The van der Waals surface area contributed by atoms with Gasteiger partial charge in [-0.15, -0.1) is 0 Å². The molecule has 23 heavy (non-hydrogen) atoms. The van der Waals surface area contributed by atoms with E-state index < -0.39 is 28.7 Å². The number of nitrogens with zero attached hydrogens (tertiary/aromatic N) is 1. The summed E-state index contributed by atoms with van der Waals surface area (Å²) >= 11 is 0. The highest BCUT2D eigenvalue weighted by Crippen LogP contribution is 2.08. The summed E-state index contributed by atoms with van der Waals surface area (Å²) in [5, 5.41) is 11.7. The predicted octanol–water partition coefficient (Wildman–Crippen LogP) is 1.46. The topological polar surface area (TPSA) is 96.4 Å². The SMILES string of the molecule is O=C(N[C@H](CC[S@](=O)c1ccccc1)C(=O)O)c1ccncc1. The van der Waals surface area contributed by atoms with Crippen LogP contribution in [0.15, 0.2) is 59.8 Å². The van der Waals surface area contributed by atoms with E-state index in [-0.39, 0.29) is 12.2 Å². The highest BCUT2D eigenvalue weighted by molar-refractivity contribution is 7.85. The van der Waals surface area contributed by atoms with Crippen molar-refractivity contribution in [2.24, 2.45) is 0 Å². The van der Waals surface area contributed by atoms with Crippen LogP contribution in [0.3, 0.4) is 0 Å². The van der Waals surface area contributed by atoms with Crippen molar-refractivity contribution in [3.05, 3.63) is 60.4 Å². The second-order valence-corrected chi connectivity index (χ2v) is 6.32. The van der Waals surface area contributed by atoms with Gasteiger partial charge in [0.25, 0.3) is 5.91 Å². The number of rotatable bonds is 7. The standard InChI is InChI=1S/C16H16N2O4S/c19-15(12-6-9-17-10-7-12)18-14(16(20)21)8-11-23(22)13-4-2-1-3-5-13/h1-7,9-10,14H,8,11H2,(H,18,19)(H,20,21)/t14-,23+/m1/s1. The Morgan fingerprint density at radius 2 is 1.78 bits per heavy atom. The van der Waals surface area contributed by atoms with Crippen LogP contribution in [0.2, 0.25) is 0 Å².